The van der Waals surface area contributed by atoms with Crippen LogP contribution in [-0.4, -0.2) is 23.3 Å². The minimum absolute atomic E-state index is 0.000932. The number of carbonyl (C=O) groups excluding carboxylic acids is 1. The second-order valence-corrected chi connectivity index (χ2v) is 8.36. The molecule has 4 saturated carbocycles. The first-order valence-electron chi connectivity index (χ1n) is 9.14. The Balaban J connectivity index is 1.31. The van der Waals surface area contributed by atoms with Gasteiger partial charge < -0.3 is 9.84 Å². The molecule has 0 heterocycles. The van der Waals surface area contributed by atoms with Crippen LogP contribution in [0.5, 0.6) is 0 Å². The Hall–Kier alpha value is -1.61. The minimum atomic E-state index is -0.502. The van der Waals surface area contributed by atoms with E-state index in [-0.39, 0.29) is 11.4 Å². The van der Waals surface area contributed by atoms with Gasteiger partial charge in [-0.25, -0.2) is 0 Å². The van der Waals surface area contributed by atoms with Gasteiger partial charge in [0.1, 0.15) is 6.61 Å². The molecule has 128 valence electrons. The van der Waals surface area contributed by atoms with Crippen molar-refractivity contribution in [3.63, 3.8) is 0 Å². The fraction of sp³-hybridized carbons (Fsp3) is 0.571. The molecule has 5 rings (SSSR count). The van der Waals surface area contributed by atoms with E-state index in [4.69, 9.17) is 4.74 Å². The Bertz CT molecular complexity index is 620. The van der Waals surface area contributed by atoms with Crippen LogP contribution < -0.4 is 0 Å². The number of carbonyl (C=O) groups is 1. The molecule has 3 heteroatoms. The van der Waals surface area contributed by atoms with E-state index in [2.05, 4.69) is 0 Å². The predicted octanol–water partition coefficient (Wildman–Crippen LogP) is 3.96. The summed E-state index contributed by atoms with van der Waals surface area (Å²) in [6.45, 7) is 0.320. The van der Waals surface area contributed by atoms with Crippen molar-refractivity contribution < 1.29 is 14.6 Å². The quantitative estimate of drug-likeness (QED) is 0.833. The normalized spacial score (nSPS) is 37.0. The van der Waals surface area contributed by atoms with Gasteiger partial charge in [-0.2, -0.15) is 0 Å². The average molecular weight is 326 g/mol. The Labute approximate surface area is 143 Å². The molecule has 4 aliphatic rings. The SMILES string of the molecule is O=C(CC12C[C@H]3C[C@@H](CC(O)(C3)C1)C2)OC/C=C\c1ccccc1. The van der Waals surface area contributed by atoms with Crippen molar-refractivity contribution in [1.82, 2.24) is 0 Å². The molecular weight excluding hydrogens is 300 g/mol. The third-order valence-electron chi connectivity index (χ3n) is 6.12. The van der Waals surface area contributed by atoms with Crippen LogP contribution in [0.25, 0.3) is 6.08 Å². The second kappa shape index (κ2) is 6.03. The Morgan fingerprint density at radius 1 is 1.17 bits per heavy atom. The summed E-state index contributed by atoms with van der Waals surface area (Å²) in [7, 11) is 0. The van der Waals surface area contributed by atoms with Gasteiger partial charge in [0.05, 0.1) is 12.0 Å². The highest BCUT2D eigenvalue weighted by Crippen LogP contribution is 2.62. The summed E-state index contributed by atoms with van der Waals surface area (Å²) in [5.41, 5.74) is 0.605. The summed E-state index contributed by atoms with van der Waals surface area (Å²) in [5.74, 6) is 1.11. The Kier molecular flexibility index (Phi) is 4.00. The first kappa shape index (κ1) is 15.9. The highest BCUT2D eigenvalue weighted by molar-refractivity contribution is 5.70. The van der Waals surface area contributed by atoms with E-state index in [0.29, 0.717) is 24.9 Å². The van der Waals surface area contributed by atoms with Crippen LogP contribution in [-0.2, 0) is 9.53 Å². The van der Waals surface area contributed by atoms with Gasteiger partial charge in [0.25, 0.3) is 0 Å². The molecule has 1 N–H and O–H groups in total. The van der Waals surface area contributed by atoms with E-state index in [0.717, 1.165) is 37.7 Å². The van der Waals surface area contributed by atoms with Crippen LogP contribution in [0.2, 0.25) is 0 Å². The predicted molar refractivity (Wildman–Crippen MR) is 93.1 cm³/mol. The lowest BCUT2D eigenvalue weighted by molar-refractivity contribution is -0.176. The smallest absolute Gasteiger partial charge is 0.306 e. The average Bonchev–Trinajstić information content (AvgIpc) is 2.49. The monoisotopic (exact) mass is 326 g/mol. The molecule has 4 fully saturated rings. The van der Waals surface area contributed by atoms with Crippen LogP contribution >= 0.6 is 0 Å². The van der Waals surface area contributed by atoms with Gasteiger partial charge in [0.15, 0.2) is 0 Å². The van der Waals surface area contributed by atoms with E-state index in [9.17, 15) is 9.90 Å². The number of aliphatic hydroxyl groups is 1. The second-order valence-electron chi connectivity index (χ2n) is 8.36. The van der Waals surface area contributed by atoms with Crippen molar-refractivity contribution >= 4 is 12.0 Å². The fourth-order valence-corrected chi connectivity index (χ4v) is 5.86. The molecule has 0 radical (unpaired) electrons. The van der Waals surface area contributed by atoms with Crippen molar-refractivity contribution in [3.05, 3.63) is 42.0 Å². The zero-order chi connectivity index (χ0) is 16.6. The van der Waals surface area contributed by atoms with Gasteiger partial charge in [-0.3, -0.25) is 4.79 Å². The molecule has 24 heavy (non-hydrogen) atoms. The first-order chi connectivity index (χ1) is 11.5. The van der Waals surface area contributed by atoms with E-state index < -0.39 is 5.60 Å². The van der Waals surface area contributed by atoms with Crippen molar-refractivity contribution in [2.24, 2.45) is 17.3 Å². The fourth-order valence-electron chi connectivity index (χ4n) is 5.86. The topological polar surface area (TPSA) is 46.5 Å². The molecule has 4 aliphatic carbocycles. The number of esters is 1. The van der Waals surface area contributed by atoms with Crippen molar-refractivity contribution in [2.45, 2.75) is 50.5 Å². The summed E-state index contributed by atoms with van der Waals surface area (Å²) in [5, 5.41) is 10.8. The van der Waals surface area contributed by atoms with Gasteiger partial charge in [0, 0.05) is 0 Å². The van der Waals surface area contributed by atoms with Crippen molar-refractivity contribution in [3.8, 4) is 0 Å². The molecule has 0 saturated heterocycles. The van der Waals surface area contributed by atoms with Gasteiger partial charge in [0.2, 0.25) is 0 Å². The summed E-state index contributed by atoms with van der Waals surface area (Å²) < 4.78 is 5.43. The molecule has 0 aromatic heterocycles. The van der Waals surface area contributed by atoms with Crippen LogP contribution in [0.4, 0.5) is 0 Å². The molecule has 0 spiro atoms. The van der Waals surface area contributed by atoms with E-state index in [1.54, 1.807) is 0 Å². The van der Waals surface area contributed by atoms with Gasteiger partial charge in [-0.15, -0.1) is 0 Å². The molecule has 2 atom stereocenters. The zero-order valence-corrected chi connectivity index (χ0v) is 14.1. The van der Waals surface area contributed by atoms with Crippen LogP contribution in [0, 0.1) is 17.3 Å². The molecule has 0 unspecified atom stereocenters. The number of benzene rings is 1. The van der Waals surface area contributed by atoms with Crippen LogP contribution in [0.3, 0.4) is 0 Å². The summed E-state index contributed by atoms with van der Waals surface area (Å²) in [4.78, 5) is 12.3. The molecule has 1 aromatic carbocycles. The molecule has 3 nitrogen and oxygen atoms in total. The largest absolute Gasteiger partial charge is 0.461 e. The highest BCUT2D eigenvalue weighted by atomic mass is 16.5. The maximum absolute atomic E-state index is 12.3. The summed E-state index contributed by atoms with van der Waals surface area (Å²) in [6.07, 6.45) is 10.5. The maximum Gasteiger partial charge on any atom is 0.306 e. The Morgan fingerprint density at radius 3 is 2.54 bits per heavy atom. The standard InChI is InChI=1S/C21H26O3/c22-19(24-8-4-7-16-5-2-1-3-6-16)14-20-10-17-9-18(11-20)13-21(23,12-17)15-20/h1-7,17-18,23H,8-15H2/b7-4-/t17-,18-,20?,21?/m1/s1. The van der Waals surface area contributed by atoms with Gasteiger partial charge in [-0.1, -0.05) is 36.4 Å². The van der Waals surface area contributed by atoms with E-state index in [1.807, 2.05) is 42.5 Å². The first-order valence-corrected chi connectivity index (χ1v) is 9.14. The van der Waals surface area contributed by atoms with Gasteiger partial charge in [-0.05, 0) is 67.4 Å². The number of rotatable bonds is 5. The van der Waals surface area contributed by atoms with E-state index >= 15 is 0 Å². The zero-order valence-electron chi connectivity index (χ0n) is 14.1. The lowest BCUT2D eigenvalue weighted by Crippen LogP contribution is -2.56. The Morgan fingerprint density at radius 2 is 1.88 bits per heavy atom. The molecule has 0 amide bonds. The van der Waals surface area contributed by atoms with Crippen molar-refractivity contribution in [2.75, 3.05) is 6.61 Å². The molecule has 0 aliphatic heterocycles. The maximum atomic E-state index is 12.3. The number of hydrogen-bond donors (Lipinski definition) is 1. The summed E-state index contributed by atoms with van der Waals surface area (Å²) in [6, 6.07) is 10.0. The number of ether oxygens (including phenoxy) is 1. The van der Waals surface area contributed by atoms with E-state index in [1.165, 1.54) is 6.42 Å². The van der Waals surface area contributed by atoms with Crippen molar-refractivity contribution in [1.29, 1.82) is 0 Å². The van der Waals surface area contributed by atoms with Crippen LogP contribution in [0.15, 0.2) is 36.4 Å². The van der Waals surface area contributed by atoms with Gasteiger partial charge >= 0.3 is 5.97 Å². The number of hydrogen-bond acceptors (Lipinski definition) is 3. The minimum Gasteiger partial charge on any atom is -0.461 e. The van der Waals surface area contributed by atoms with Crippen LogP contribution in [0.1, 0.15) is 50.5 Å². The molecular formula is C21H26O3. The third kappa shape index (κ3) is 3.27. The molecule has 4 bridgehead atoms. The third-order valence-corrected chi connectivity index (χ3v) is 6.12. The lowest BCUT2D eigenvalue weighted by atomic mass is 9.47. The summed E-state index contributed by atoms with van der Waals surface area (Å²) >= 11 is 0. The lowest BCUT2D eigenvalue weighted by Gasteiger charge is -2.60. The highest BCUT2D eigenvalue weighted by Gasteiger charge is 2.57. The molecule has 1 aromatic rings.